The summed E-state index contributed by atoms with van der Waals surface area (Å²) >= 11 is 0. The minimum absolute atomic E-state index is 0.0914. The number of anilines is 2. The highest BCUT2D eigenvalue weighted by atomic mass is 16.2. The summed E-state index contributed by atoms with van der Waals surface area (Å²) in [5.74, 6) is 0.673. The van der Waals surface area contributed by atoms with Crippen molar-refractivity contribution in [3.63, 3.8) is 0 Å². The van der Waals surface area contributed by atoms with Crippen LogP contribution in [-0.2, 0) is 0 Å². The van der Waals surface area contributed by atoms with E-state index in [0.29, 0.717) is 5.82 Å². The number of nitrogens with zero attached hydrogens (tertiary/aromatic N) is 1. The predicted molar refractivity (Wildman–Crippen MR) is 46.8 cm³/mol. The smallest absolute Gasteiger partial charge is 0.392 e. The Morgan fingerprint density at radius 2 is 2.36 bits per heavy atom. The quantitative estimate of drug-likeness (QED) is 0.523. The topological polar surface area (TPSA) is 57.2 Å². The summed E-state index contributed by atoms with van der Waals surface area (Å²) in [4.78, 5) is 4.01. The third-order valence-electron chi connectivity index (χ3n) is 1.31. The molecule has 1 aromatic heterocycles. The first-order chi connectivity index (χ1) is 5.36. The van der Waals surface area contributed by atoms with Crippen LogP contribution in [0, 0.1) is 0 Å². The van der Waals surface area contributed by atoms with Crippen LogP contribution in [0.25, 0.3) is 0 Å². The lowest BCUT2D eigenvalue weighted by Gasteiger charge is -2.01. The molecule has 5 heteroatoms. The van der Waals surface area contributed by atoms with Crippen LogP contribution in [0.4, 0.5) is 11.5 Å². The van der Waals surface area contributed by atoms with Crippen molar-refractivity contribution in [2.45, 2.75) is 0 Å². The molecule has 1 rings (SSSR count). The Bertz CT molecular complexity index is 214. The fourth-order valence-electron chi connectivity index (χ4n) is 0.727. The Morgan fingerprint density at radius 1 is 1.55 bits per heavy atom. The Labute approximate surface area is 66.0 Å². The van der Waals surface area contributed by atoms with Crippen LogP contribution in [0.3, 0.4) is 0 Å². The molecule has 58 valence electrons. The molecule has 11 heavy (non-hydrogen) atoms. The molecule has 0 atom stereocenters. The zero-order chi connectivity index (χ0) is 8.10. The van der Waals surface area contributed by atoms with Crippen LogP contribution in [0.15, 0.2) is 18.3 Å². The second-order valence-electron chi connectivity index (χ2n) is 2.02. The molecular weight excluding hydrogens is 141 g/mol. The van der Waals surface area contributed by atoms with Crippen molar-refractivity contribution in [2.75, 3.05) is 17.6 Å². The molecule has 0 aliphatic heterocycles. The first-order valence-corrected chi connectivity index (χ1v) is 3.35. The van der Waals surface area contributed by atoms with E-state index in [-0.39, 0.29) is 7.62 Å². The molecule has 3 N–H and O–H groups in total. The summed E-state index contributed by atoms with van der Waals surface area (Å²) in [6, 6.07) is 3.67. The average molecular weight is 151 g/mol. The van der Waals surface area contributed by atoms with Gasteiger partial charge in [0, 0.05) is 7.05 Å². The fourth-order valence-corrected chi connectivity index (χ4v) is 0.727. The van der Waals surface area contributed by atoms with Crippen molar-refractivity contribution in [3.05, 3.63) is 18.3 Å². The third-order valence-corrected chi connectivity index (χ3v) is 1.31. The Hall–Kier alpha value is -1.23. The number of aromatic nitrogens is 1. The number of pyridine rings is 1. The van der Waals surface area contributed by atoms with Gasteiger partial charge in [0.2, 0.25) is 0 Å². The van der Waals surface area contributed by atoms with Gasteiger partial charge in [-0.3, -0.25) is 0 Å². The van der Waals surface area contributed by atoms with E-state index in [1.165, 1.54) is 0 Å². The summed E-state index contributed by atoms with van der Waals surface area (Å²) in [5, 5.41) is 14.1. The van der Waals surface area contributed by atoms with E-state index in [4.69, 9.17) is 5.02 Å². The van der Waals surface area contributed by atoms with Gasteiger partial charge in [-0.15, -0.1) is 0 Å². The SMILES string of the molecule is CNc1ccc(NBO)nc1. The highest BCUT2D eigenvalue weighted by Crippen LogP contribution is 2.07. The molecule has 0 amide bonds. The molecule has 1 heterocycles. The summed E-state index contributed by atoms with van der Waals surface area (Å²) in [6.07, 6.45) is 1.69. The monoisotopic (exact) mass is 151 g/mol. The molecule has 0 radical (unpaired) electrons. The van der Waals surface area contributed by atoms with Gasteiger partial charge in [0.1, 0.15) is 5.82 Å². The van der Waals surface area contributed by atoms with Crippen LogP contribution in [0.5, 0.6) is 0 Å². The zero-order valence-corrected chi connectivity index (χ0v) is 6.33. The second-order valence-corrected chi connectivity index (χ2v) is 2.02. The van der Waals surface area contributed by atoms with E-state index in [9.17, 15) is 0 Å². The Kier molecular flexibility index (Phi) is 2.74. The van der Waals surface area contributed by atoms with Gasteiger partial charge in [-0.05, 0) is 12.1 Å². The second kappa shape index (κ2) is 3.83. The fraction of sp³-hybridized carbons (Fsp3) is 0.167. The third kappa shape index (κ3) is 2.12. The summed E-state index contributed by atoms with van der Waals surface area (Å²) < 4.78 is 0. The van der Waals surface area contributed by atoms with E-state index < -0.39 is 0 Å². The maximum absolute atomic E-state index is 8.48. The molecule has 0 aliphatic carbocycles. The van der Waals surface area contributed by atoms with E-state index in [0.717, 1.165) is 5.69 Å². The molecule has 0 unspecified atom stereocenters. The van der Waals surface area contributed by atoms with Crippen molar-refractivity contribution in [2.24, 2.45) is 0 Å². The number of hydrogen-bond donors (Lipinski definition) is 3. The molecule has 4 nitrogen and oxygen atoms in total. The van der Waals surface area contributed by atoms with Crippen LogP contribution in [-0.4, -0.2) is 24.7 Å². The molecule has 0 aliphatic rings. The average Bonchev–Trinajstić information content (AvgIpc) is 2.07. The number of rotatable bonds is 3. The van der Waals surface area contributed by atoms with Gasteiger partial charge in [0.25, 0.3) is 0 Å². The van der Waals surface area contributed by atoms with Crippen molar-refractivity contribution in [3.8, 4) is 0 Å². The molecule has 1 aromatic rings. The predicted octanol–water partition coefficient (Wildman–Crippen LogP) is -0.206. The number of hydrogen-bond acceptors (Lipinski definition) is 4. The lowest BCUT2D eigenvalue weighted by atomic mass is 10.3. The normalized spacial score (nSPS) is 8.91. The Balaban J connectivity index is 2.66. The van der Waals surface area contributed by atoms with Crippen LogP contribution >= 0.6 is 0 Å². The molecule has 0 aromatic carbocycles. The highest BCUT2D eigenvalue weighted by molar-refractivity contribution is 6.30. The van der Waals surface area contributed by atoms with Crippen molar-refractivity contribution in [1.29, 1.82) is 0 Å². The zero-order valence-electron chi connectivity index (χ0n) is 6.33. The minimum atomic E-state index is -0.0914. The molecule has 0 saturated carbocycles. The number of nitrogens with one attached hydrogen (secondary N) is 2. The highest BCUT2D eigenvalue weighted by Gasteiger charge is 1.91. The van der Waals surface area contributed by atoms with E-state index in [1.54, 1.807) is 12.3 Å². The first kappa shape index (κ1) is 7.88. The van der Waals surface area contributed by atoms with Crippen LogP contribution in [0.2, 0.25) is 0 Å². The van der Waals surface area contributed by atoms with Gasteiger partial charge < -0.3 is 15.6 Å². The van der Waals surface area contributed by atoms with Gasteiger partial charge in [0.05, 0.1) is 11.9 Å². The Morgan fingerprint density at radius 3 is 2.82 bits per heavy atom. The lowest BCUT2D eigenvalue weighted by molar-refractivity contribution is 0.609. The van der Waals surface area contributed by atoms with Crippen molar-refractivity contribution < 1.29 is 5.02 Å². The maximum Gasteiger partial charge on any atom is 0.392 e. The summed E-state index contributed by atoms with van der Waals surface area (Å²) in [5.41, 5.74) is 0.952. The van der Waals surface area contributed by atoms with E-state index >= 15 is 0 Å². The summed E-state index contributed by atoms with van der Waals surface area (Å²) in [6.45, 7) is 0. The van der Waals surface area contributed by atoms with Gasteiger partial charge in [-0.2, -0.15) is 0 Å². The molecule has 0 bridgehead atoms. The first-order valence-electron chi connectivity index (χ1n) is 3.35. The standard InChI is InChI=1S/C6H10BN3O/c1-8-5-2-3-6(9-4-5)10-7-11/h2-4,7-8,11H,1H3,(H,9,10). The van der Waals surface area contributed by atoms with Gasteiger partial charge >= 0.3 is 7.62 Å². The maximum atomic E-state index is 8.48. The molecular formula is C6H10BN3O. The van der Waals surface area contributed by atoms with Crippen molar-refractivity contribution >= 4 is 19.1 Å². The molecule has 0 fully saturated rings. The van der Waals surface area contributed by atoms with Crippen molar-refractivity contribution in [1.82, 2.24) is 4.98 Å². The minimum Gasteiger partial charge on any atom is -0.435 e. The molecule has 0 saturated heterocycles. The summed E-state index contributed by atoms with van der Waals surface area (Å²) in [7, 11) is 1.74. The van der Waals surface area contributed by atoms with Crippen LogP contribution < -0.4 is 10.5 Å². The van der Waals surface area contributed by atoms with E-state index in [2.05, 4.69) is 15.5 Å². The van der Waals surface area contributed by atoms with Gasteiger partial charge in [0.15, 0.2) is 0 Å². The van der Waals surface area contributed by atoms with E-state index in [1.807, 2.05) is 13.1 Å². The largest absolute Gasteiger partial charge is 0.435 e. The van der Waals surface area contributed by atoms with Gasteiger partial charge in [-0.25, -0.2) is 4.98 Å². The van der Waals surface area contributed by atoms with Crippen LogP contribution in [0.1, 0.15) is 0 Å². The van der Waals surface area contributed by atoms with Gasteiger partial charge in [-0.1, -0.05) is 0 Å². The molecule has 0 spiro atoms. The lowest BCUT2D eigenvalue weighted by Crippen LogP contribution is -2.05.